The molecule has 0 radical (unpaired) electrons. The molecule has 6 fully saturated rings. The highest BCUT2D eigenvalue weighted by atomic mass is 16.5. The molecule has 3 aromatic heterocycles. The minimum absolute atomic E-state index is 0.106. The first-order valence-electron chi connectivity index (χ1n) is 16.2. The molecular formula is C33H40N8O3. The Labute approximate surface area is 257 Å². The fraction of sp³-hybridized carbons (Fsp3) is 0.576. The van der Waals surface area contributed by atoms with Crippen LogP contribution in [0.5, 0.6) is 5.75 Å². The monoisotopic (exact) mass is 596 g/mol. The summed E-state index contributed by atoms with van der Waals surface area (Å²) >= 11 is 0. The summed E-state index contributed by atoms with van der Waals surface area (Å²) in [6.07, 6.45) is 13.4. The molecule has 1 saturated carbocycles. The van der Waals surface area contributed by atoms with Crippen LogP contribution in [0.4, 0.5) is 10.6 Å². The molecule has 3 aromatic rings. The molecule has 11 heteroatoms. The smallest absolute Gasteiger partial charge is 0.318 e. The van der Waals surface area contributed by atoms with Gasteiger partial charge in [-0.15, -0.1) is 0 Å². The van der Waals surface area contributed by atoms with E-state index in [0.717, 1.165) is 99.8 Å². The molecule has 5 saturated heterocycles. The summed E-state index contributed by atoms with van der Waals surface area (Å²) in [5, 5.41) is 17.5. The highest BCUT2D eigenvalue weighted by Gasteiger charge is 2.48. The molecule has 1 spiro atoms. The van der Waals surface area contributed by atoms with Crippen molar-refractivity contribution in [2.24, 2.45) is 5.41 Å². The van der Waals surface area contributed by atoms with Gasteiger partial charge in [0.1, 0.15) is 24.2 Å². The van der Waals surface area contributed by atoms with Gasteiger partial charge in [-0.2, -0.15) is 10.4 Å². The number of ether oxygens (including phenoxy) is 2. The third-order valence-electron chi connectivity index (χ3n) is 10.6. The molecule has 230 valence electrons. The van der Waals surface area contributed by atoms with Gasteiger partial charge >= 0.3 is 6.03 Å². The van der Waals surface area contributed by atoms with Crippen molar-refractivity contribution in [3.05, 3.63) is 42.4 Å². The number of likely N-dealkylation sites (tertiary alicyclic amines) is 1. The van der Waals surface area contributed by atoms with Crippen molar-refractivity contribution >= 4 is 17.4 Å². The lowest BCUT2D eigenvalue weighted by Gasteiger charge is -2.56. The number of pyridine rings is 2. The van der Waals surface area contributed by atoms with E-state index in [9.17, 15) is 10.1 Å². The van der Waals surface area contributed by atoms with E-state index < -0.39 is 0 Å². The van der Waals surface area contributed by atoms with E-state index in [1.54, 1.807) is 10.7 Å². The average molecular weight is 597 g/mol. The second-order valence-corrected chi connectivity index (χ2v) is 13.4. The minimum Gasteiger partial charge on any atom is -0.491 e. The number of nitrogens with one attached hydrogen (secondary N) is 1. The van der Waals surface area contributed by atoms with Crippen LogP contribution < -0.4 is 15.0 Å². The van der Waals surface area contributed by atoms with Gasteiger partial charge in [0.25, 0.3) is 0 Å². The summed E-state index contributed by atoms with van der Waals surface area (Å²) in [5.41, 5.74) is 3.38. The van der Waals surface area contributed by atoms with Crippen LogP contribution in [0.2, 0.25) is 0 Å². The van der Waals surface area contributed by atoms with E-state index in [4.69, 9.17) is 14.5 Å². The summed E-state index contributed by atoms with van der Waals surface area (Å²) in [4.78, 5) is 24.6. The zero-order chi connectivity index (χ0) is 29.7. The number of carbonyl (C=O) groups excluding carboxylic acids is 1. The van der Waals surface area contributed by atoms with Crippen LogP contribution in [0, 0.1) is 16.7 Å². The molecule has 3 atom stereocenters. The van der Waals surface area contributed by atoms with Gasteiger partial charge < -0.3 is 24.6 Å². The molecule has 6 aliphatic rings. The first-order valence-corrected chi connectivity index (χ1v) is 16.2. The van der Waals surface area contributed by atoms with Gasteiger partial charge in [-0.1, -0.05) is 12.8 Å². The number of urea groups is 1. The summed E-state index contributed by atoms with van der Waals surface area (Å²) in [6.45, 7) is 6.96. The second kappa shape index (κ2) is 11.2. The highest BCUT2D eigenvalue weighted by molar-refractivity contribution is 5.85. The Morgan fingerprint density at radius 1 is 1.18 bits per heavy atom. The van der Waals surface area contributed by atoms with Crippen molar-refractivity contribution in [3.63, 3.8) is 0 Å². The van der Waals surface area contributed by atoms with Gasteiger partial charge in [0.15, 0.2) is 0 Å². The Kier molecular flexibility index (Phi) is 7.06. The van der Waals surface area contributed by atoms with Crippen LogP contribution in [-0.4, -0.2) is 101 Å². The van der Waals surface area contributed by atoms with Gasteiger partial charge in [0.2, 0.25) is 0 Å². The van der Waals surface area contributed by atoms with Crippen molar-refractivity contribution in [3.8, 4) is 22.9 Å². The number of hydrogen-bond donors (Lipinski definition) is 1. The predicted octanol–water partition coefficient (Wildman–Crippen LogP) is 3.67. The minimum atomic E-state index is 0.106. The van der Waals surface area contributed by atoms with Crippen molar-refractivity contribution in [1.82, 2.24) is 29.7 Å². The van der Waals surface area contributed by atoms with Gasteiger partial charge in [0.05, 0.1) is 42.2 Å². The van der Waals surface area contributed by atoms with Crippen molar-refractivity contribution in [2.75, 3.05) is 57.4 Å². The Morgan fingerprint density at radius 2 is 2.05 bits per heavy atom. The Bertz CT molecular complexity index is 1560. The number of carbonyl (C=O) groups is 1. The van der Waals surface area contributed by atoms with Crippen LogP contribution in [-0.2, 0) is 4.74 Å². The summed E-state index contributed by atoms with van der Waals surface area (Å²) in [6, 6.07) is 9.30. The molecule has 2 amide bonds. The maximum Gasteiger partial charge on any atom is 0.318 e. The topological polar surface area (TPSA) is 111 Å². The third-order valence-corrected chi connectivity index (χ3v) is 10.6. The maximum atomic E-state index is 12.9. The highest BCUT2D eigenvalue weighted by Crippen LogP contribution is 2.38. The molecule has 1 N–H and O–H groups in total. The van der Waals surface area contributed by atoms with E-state index in [-0.39, 0.29) is 18.1 Å². The molecule has 8 heterocycles. The van der Waals surface area contributed by atoms with Gasteiger partial charge in [-0.05, 0) is 56.8 Å². The van der Waals surface area contributed by atoms with Gasteiger partial charge in [-0.25, -0.2) is 14.3 Å². The zero-order valence-corrected chi connectivity index (χ0v) is 25.2. The third kappa shape index (κ3) is 5.04. The summed E-state index contributed by atoms with van der Waals surface area (Å²) in [7, 11) is 0. The number of amides is 2. The normalized spacial score (nSPS) is 26.8. The Balaban J connectivity index is 0.946. The predicted molar refractivity (Wildman–Crippen MR) is 165 cm³/mol. The van der Waals surface area contributed by atoms with Crippen molar-refractivity contribution < 1.29 is 14.3 Å². The number of rotatable bonds is 7. The quantitative estimate of drug-likeness (QED) is 0.440. The Morgan fingerprint density at radius 3 is 2.80 bits per heavy atom. The molecule has 2 bridgehead atoms. The fourth-order valence-electron chi connectivity index (χ4n) is 8.14. The first-order chi connectivity index (χ1) is 21.6. The van der Waals surface area contributed by atoms with Gasteiger partial charge in [0, 0.05) is 61.6 Å². The Hall–Kier alpha value is -3.88. The van der Waals surface area contributed by atoms with E-state index in [1.807, 2.05) is 24.5 Å². The lowest BCUT2D eigenvalue weighted by Crippen LogP contribution is -2.72. The first kappa shape index (κ1) is 27.7. The summed E-state index contributed by atoms with van der Waals surface area (Å²) in [5.74, 6) is 1.63. The number of nitrogens with zero attached hydrogens (tertiary/aromatic N) is 7. The largest absolute Gasteiger partial charge is 0.491 e. The van der Waals surface area contributed by atoms with Crippen molar-refractivity contribution in [2.45, 2.75) is 63.1 Å². The van der Waals surface area contributed by atoms with Crippen LogP contribution in [0.15, 0.2) is 36.8 Å². The number of fused-ring (bicyclic) bond motifs is 3. The lowest BCUT2D eigenvalue weighted by atomic mass is 9.87. The lowest BCUT2D eigenvalue weighted by molar-refractivity contribution is 0.0354. The summed E-state index contributed by atoms with van der Waals surface area (Å²) < 4.78 is 13.7. The number of anilines is 1. The van der Waals surface area contributed by atoms with E-state index >= 15 is 0 Å². The molecule has 3 unspecified atom stereocenters. The molecular weight excluding hydrogens is 556 g/mol. The number of hydrogen-bond acceptors (Lipinski definition) is 8. The fourth-order valence-corrected chi connectivity index (χ4v) is 8.14. The van der Waals surface area contributed by atoms with E-state index in [0.29, 0.717) is 23.6 Å². The van der Waals surface area contributed by atoms with Crippen LogP contribution in [0.25, 0.3) is 16.6 Å². The van der Waals surface area contributed by atoms with Crippen LogP contribution in [0.3, 0.4) is 0 Å². The molecule has 1 aliphatic carbocycles. The molecule has 11 nitrogen and oxygen atoms in total. The molecule has 44 heavy (non-hydrogen) atoms. The number of piperidine rings is 1. The molecule has 5 aliphatic heterocycles. The molecule has 0 aromatic carbocycles. The van der Waals surface area contributed by atoms with Crippen LogP contribution in [0.1, 0.15) is 50.5 Å². The van der Waals surface area contributed by atoms with E-state index in [2.05, 4.69) is 37.3 Å². The van der Waals surface area contributed by atoms with Crippen LogP contribution >= 0.6 is 0 Å². The second-order valence-electron chi connectivity index (χ2n) is 13.4. The van der Waals surface area contributed by atoms with E-state index in [1.165, 1.54) is 19.3 Å². The molecule has 9 rings (SSSR count). The van der Waals surface area contributed by atoms with Gasteiger partial charge in [-0.3, -0.25) is 4.90 Å². The van der Waals surface area contributed by atoms with Crippen molar-refractivity contribution in [1.29, 1.82) is 5.26 Å². The SMILES string of the molecule is N#Cc1cnn2cc(OCCN3CCC4(CCOC4)C3)cc(-c3ccc(N4CC5CC(C4)N5C(=O)NC4CCCC4)nc3)c12. The number of piperazine rings is 1. The number of aromatic nitrogens is 3. The standard InChI is InChI=1S/C33H40N8O3/c34-15-24-17-36-40-20-28(44-12-10-38-9-7-33(21-38)8-11-43-22-33)14-29(31(24)40)23-5-6-30(35-16-23)39-18-26-13-27(19-39)41(26)32(42)37-25-3-1-2-4-25/h5-6,14,16-17,20,25-27H,1-4,7-13,18-19,21-22H2,(H,37,42). The maximum absolute atomic E-state index is 12.9. The number of nitriles is 1. The average Bonchev–Trinajstić information content (AvgIpc) is 3.86. The zero-order valence-electron chi connectivity index (χ0n) is 25.2.